The second-order valence-electron chi connectivity index (χ2n) is 10.6. The van der Waals surface area contributed by atoms with E-state index in [0.717, 1.165) is 11.3 Å². The maximum atomic E-state index is 12.9. The fourth-order valence-electron chi connectivity index (χ4n) is 5.16. The Morgan fingerprint density at radius 1 is 0.943 bits per heavy atom. The van der Waals surface area contributed by atoms with E-state index >= 15 is 0 Å². The number of benzene rings is 2. The number of aryl methyl sites for hydroxylation is 1. The molecule has 4 rings (SSSR count). The lowest BCUT2D eigenvalue weighted by molar-refractivity contribution is 0.0991. The Morgan fingerprint density at radius 3 is 2.20 bits per heavy atom. The zero-order valence-corrected chi connectivity index (χ0v) is 23.9. The van der Waals surface area contributed by atoms with E-state index in [1.54, 1.807) is 54.9 Å². The molecule has 186 valence electrons. The van der Waals surface area contributed by atoms with Gasteiger partial charge in [0, 0.05) is 6.07 Å². The second-order valence-corrected chi connectivity index (χ2v) is 20.1. The first-order valence-electron chi connectivity index (χ1n) is 11.9. The van der Waals surface area contributed by atoms with E-state index in [1.165, 1.54) is 17.7 Å². The Bertz CT molecular complexity index is 1260. The van der Waals surface area contributed by atoms with Gasteiger partial charge in [-0.2, -0.15) is 0 Å². The molecule has 1 amide bonds. The van der Waals surface area contributed by atoms with Crippen LogP contribution in [0, 0.1) is 13.8 Å². The summed E-state index contributed by atoms with van der Waals surface area (Å²) in [5.41, 5.74) is 2.77. The van der Waals surface area contributed by atoms with Crippen LogP contribution in [0.4, 0.5) is 5.69 Å². The van der Waals surface area contributed by atoms with Crippen LogP contribution in [0.25, 0.3) is 0 Å². The van der Waals surface area contributed by atoms with Crippen LogP contribution in [-0.2, 0) is 0 Å². The van der Waals surface area contributed by atoms with Gasteiger partial charge in [-0.3, -0.25) is 4.79 Å². The van der Waals surface area contributed by atoms with Gasteiger partial charge in [0.1, 0.15) is 22.9 Å². The summed E-state index contributed by atoms with van der Waals surface area (Å²) in [4.78, 5) is 12.9. The van der Waals surface area contributed by atoms with Crippen LogP contribution >= 0.6 is 0 Å². The van der Waals surface area contributed by atoms with E-state index in [-0.39, 0.29) is 5.76 Å². The molecule has 0 fully saturated rings. The second kappa shape index (κ2) is 9.24. The standard InChI is InChI=1S/C27H35NO5Si2/c1-17-16-22-26(35(7,8)15-14-34(22,5)6)18(2)25(17)33-23-13-12-21(32-23)27(29)28-24-19(30-3)10-9-11-20(24)31-4/h9-13,16H,14-15H2,1-8H3,(H,28,29). The summed E-state index contributed by atoms with van der Waals surface area (Å²) in [6, 6.07) is 13.6. The third kappa shape index (κ3) is 4.64. The maximum Gasteiger partial charge on any atom is 0.291 e. The Hall–Kier alpha value is -2.98. The highest BCUT2D eigenvalue weighted by Gasteiger charge is 2.41. The van der Waals surface area contributed by atoms with Gasteiger partial charge in [-0.1, -0.05) is 60.8 Å². The van der Waals surface area contributed by atoms with Crippen molar-refractivity contribution in [3.05, 3.63) is 53.3 Å². The van der Waals surface area contributed by atoms with Gasteiger partial charge >= 0.3 is 0 Å². The minimum Gasteiger partial charge on any atom is -0.494 e. The Balaban J connectivity index is 1.63. The van der Waals surface area contributed by atoms with Crippen molar-refractivity contribution in [3.8, 4) is 23.2 Å². The Labute approximate surface area is 209 Å². The summed E-state index contributed by atoms with van der Waals surface area (Å²) < 4.78 is 22.8. The summed E-state index contributed by atoms with van der Waals surface area (Å²) >= 11 is 0. The maximum absolute atomic E-state index is 12.9. The van der Waals surface area contributed by atoms with Crippen molar-refractivity contribution in [1.29, 1.82) is 0 Å². The molecule has 0 saturated heterocycles. The molecule has 8 heteroatoms. The minimum absolute atomic E-state index is 0.143. The topological polar surface area (TPSA) is 69.9 Å². The van der Waals surface area contributed by atoms with Gasteiger partial charge in [0.15, 0.2) is 5.76 Å². The van der Waals surface area contributed by atoms with Crippen molar-refractivity contribution in [2.45, 2.75) is 52.1 Å². The van der Waals surface area contributed by atoms with Crippen molar-refractivity contribution in [2.24, 2.45) is 0 Å². The number of fused-ring (bicyclic) bond motifs is 1. The number of anilines is 1. The first-order chi connectivity index (χ1) is 16.5. The predicted octanol–water partition coefficient (Wildman–Crippen LogP) is 5.80. The minimum atomic E-state index is -1.55. The summed E-state index contributed by atoms with van der Waals surface area (Å²) in [6.07, 6.45) is 0. The lowest BCUT2D eigenvalue weighted by Crippen LogP contribution is -2.64. The van der Waals surface area contributed by atoms with Crippen LogP contribution in [0.15, 0.2) is 40.8 Å². The van der Waals surface area contributed by atoms with E-state index in [4.69, 9.17) is 18.6 Å². The number of furan rings is 1. The first kappa shape index (κ1) is 25.1. The van der Waals surface area contributed by atoms with Crippen molar-refractivity contribution in [3.63, 3.8) is 0 Å². The van der Waals surface area contributed by atoms with Gasteiger partial charge in [-0.15, -0.1) is 0 Å². The normalized spacial score (nSPS) is 15.8. The molecule has 0 radical (unpaired) electrons. The predicted molar refractivity (Wildman–Crippen MR) is 146 cm³/mol. The van der Waals surface area contributed by atoms with Crippen molar-refractivity contribution in [1.82, 2.24) is 0 Å². The van der Waals surface area contributed by atoms with Gasteiger partial charge in [0.05, 0.1) is 30.4 Å². The fourth-order valence-corrected chi connectivity index (χ4v) is 16.1. The molecule has 0 unspecified atom stereocenters. The van der Waals surface area contributed by atoms with Crippen LogP contribution in [-0.4, -0.2) is 36.3 Å². The highest BCUT2D eigenvalue weighted by Crippen LogP contribution is 2.36. The quantitative estimate of drug-likeness (QED) is 0.425. The van der Waals surface area contributed by atoms with Gasteiger partial charge in [0.25, 0.3) is 11.9 Å². The lowest BCUT2D eigenvalue weighted by atomic mass is 10.1. The van der Waals surface area contributed by atoms with Gasteiger partial charge in [-0.25, -0.2) is 0 Å². The lowest BCUT2D eigenvalue weighted by Gasteiger charge is -2.41. The van der Waals surface area contributed by atoms with Crippen LogP contribution in [0.2, 0.25) is 38.3 Å². The number of para-hydroxylation sites is 1. The van der Waals surface area contributed by atoms with E-state index in [2.05, 4.69) is 51.4 Å². The molecular formula is C27H35NO5Si2. The number of nitrogens with one attached hydrogen (secondary N) is 1. The molecule has 0 atom stereocenters. The van der Waals surface area contributed by atoms with E-state index < -0.39 is 22.1 Å². The van der Waals surface area contributed by atoms with Crippen LogP contribution in [0.1, 0.15) is 21.7 Å². The summed E-state index contributed by atoms with van der Waals surface area (Å²) in [5, 5.41) is 5.97. The molecule has 1 aromatic heterocycles. The van der Waals surface area contributed by atoms with E-state index in [9.17, 15) is 4.79 Å². The van der Waals surface area contributed by atoms with Gasteiger partial charge in [0.2, 0.25) is 0 Å². The highest BCUT2D eigenvalue weighted by atomic mass is 28.3. The van der Waals surface area contributed by atoms with Crippen LogP contribution < -0.4 is 29.9 Å². The molecule has 0 aliphatic carbocycles. The van der Waals surface area contributed by atoms with Crippen LogP contribution in [0.3, 0.4) is 0 Å². The molecular weight excluding hydrogens is 474 g/mol. The zero-order chi connectivity index (χ0) is 25.5. The third-order valence-electron chi connectivity index (χ3n) is 7.16. The Kier molecular flexibility index (Phi) is 6.63. The van der Waals surface area contributed by atoms with Gasteiger partial charge < -0.3 is 23.9 Å². The zero-order valence-electron chi connectivity index (χ0n) is 21.9. The number of hydrogen-bond acceptors (Lipinski definition) is 5. The van der Waals surface area contributed by atoms with Crippen LogP contribution in [0.5, 0.6) is 23.2 Å². The van der Waals surface area contributed by atoms with E-state index in [1.807, 2.05) is 0 Å². The fraction of sp³-hybridized carbons (Fsp3) is 0.370. The summed E-state index contributed by atoms with van der Waals surface area (Å²) in [5.74, 6) is 1.86. The van der Waals surface area contributed by atoms with Crippen molar-refractivity contribution < 1.29 is 23.4 Å². The Morgan fingerprint density at radius 2 is 1.57 bits per heavy atom. The average Bonchev–Trinajstić information content (AvgIpc) is 3.28. The van der Waals surface area contributed by atoms with Gasteiger partial charge in [-0.05, 0) is 43.2 Å². The SMILES string of the molecule is COc1cccc(OC)c1NC(=O)c1ccc(Oc2c(C)cc3c(c2C)[Si](C)(C)CC[Si]3(C)C)o1. The number of methoxy groups -OCH3 is 2. The molecule has 1 aliphatic rings. The molecule has 1 N–H and O–H groups in total. The molecule has 0 spiro atoms. The van der Waals surface area contributed by atoms with Crippen molar-refractivity contribution in [2.75, 3.05) is 19.5 Å². The number of rotatable bonds is 6. The molecule has 2 aromatic carbocycles. The third-order valence-corrected chi connectivity index (χ3v) is 14.8. The molecule has 3 aromatic rings. The smallest absolute Gasteiger partial charge is 0.291 e. The summed E-state index contributed by atoms with van der Waals surface area (Å²) in [7, 11) is 0.0708. The monoisotopic (exact) mass is 509 g/mol. The molecule has 1 aliphatic heterocycles. The first-order valence-corrected chi connectivity index (χ1v) is 18.3. The van der Waals surface area contributed by atoms with E-state index in [0.29, 0.717) is 23.1 Å². The van der Waals surface area contributed by atoms with Crippen molar-refractivity contribution >= 4 is 38.1 Å². The number of carbonyl (C=O) groups excluding carboxylic acids is 1. The molecule has 2 heterocycles. The molecule has 0 bridgehead atoms. The highest BCUT2D eigenvalue weighted by molar-refractivity contribution is 7.03. The number of ether oxygens (including phenoxy) is 3. The molecule has 6 nitrogen and oxygen atoms in total. The number of hydrogen-bond donors (Lipinski definition) is 1. The molecule has 0 saturated carbocycles. The number of amides is 1. The average molecular weight is 510 g/mol. The molecule has 35 heavy (non-hydrogen) atoms. The largest absolute Gasteiger partial charge is 0.494 e. The summed E-state index contributed by atoms with van der Waals surface area (Å²) in [6.45, 7) is 14.1. The number of carbonyl (C=O) groups is 1.